The molecule has 476 valence electrons. The van der Waals surface area contributed by atoms with Crippen molar-refractivity contribution in [2.24, 2.45) is 17.6 Å². The largest absolute Gasteiger partial charge is 0.462 e. The van der Waals surface area contributed by atoms with Crippen molar-refractivity contribution in [2.75, 3.05) is 20.2 Å². The number of aromatic nitrogens is 1. The van der Waals surface area contributed by atoms with Crippen LogP contribution in [0.3, 0.4) is 0 Å². The molecule has 0 fully saturated rings. The highest BCUT2D eigenvalue weighted by molar-refractivity contribution is 9.10. The number of amides is 1. The van der Waals surface area contributed by atoms with Gasteiger partial charge in [0.1, 0.15) is 24.2 Å². The summed E-state index contributed by atoms with van der Waals surface area (Å²) in [7, 11) is 2.22. The lowest BCUT2D eigenvalue weighted by Crippen LogP contribution is -2.39. The zero-order valence-electron chi connectivity index (χ0n) is 54.1. The van der Waals surface area contributed by atoms with Gasteiger partial charge in [-0.1, -0.05) is 199 Å². The van der Waals surface area contributed by atoms with Crippen molar-refractivity contribution in [1.82, 2.24) is 9.47 Å². The Morgan fingerprint density at radius 2 is 1.18 bits per heavy atom. The van der Waals surface area contributed by atoms with Gasteiger partial charge in [0.05, 0.1) is 10.1 Å². The number of hydrogen-bond donors (Lipinski definition) is 1. The van der Waals surface area contributed by atoms with E-state index in [9.17, 15) is 19.2 Å². The lowest BCUT2D eigenvalue weighted by atomic mass is 9.82. The van der Waals surface area contributed by atoms with E-state index in [-0.39, 0.29) is 43.7 Å². The molecule has 0 bridgehead atoms. The fourth-order valence-corrected chi connectivity index (χ4v) is 12.0. The highest BCUT2D eigenvalue weighted by Gasteiger charge is 2.33. The second-order valence-electron chi connectivity index (χ2n) is 24.1. The molecule has 3 aromatic rings. The van der Waals surface area contributed by atoms with E-state index in [1.807, 2.05) is 38.1 Å². The molecule has 2 N–H and O–H groups in total. The van der Waals surface area contributed by atoms with Gasteiger partial charge in [-0.25, -0.2) is 0 Å². The number of rotatable bonds is 43. The number of benzene rings is 2. The molecule has 1 aliphatic carbocycles. The quantitative estimate of drug-likeness (QED) is 0.0192. The van der Waals surface area contributed by atoms with Crippen molar-refractivity contribution in [3.63, 3.8) is 0 Å². The molecule has 0 radical (unpaired) electrons. The fourth-order valence-electron chi connectivity index (χ4n) is 11.3. The van der Waals surface area contributed by atoms with Gasteiger partial charge in [-0.05, 0) is 159 Å². The van der Waals surface area contributed by atoms with Crippen LogP contribution in [-0.2, 0) is 46.4 Å². The summed E-state index contributed by atoms with van der Waals surface area (Å²) in [6.07, 6.45) is 49.3. The monoisotopic (exact) mass is 1240 g/mol. The molecule has 2 heterocycles. The number of hydrogen-bond acceptors (Lipinski definition) is 9. The van der Waals surface area contributed by atoms with Gasteiger partial charge >= 0.3 is 17.9 Å². The van der Waals surface area contributed by atoms with Gasteiger partial charge in [-0.2, -0.15) is 0 Å². The standard InChI is InChI=1S/C50H69BrN2O6.C22H42O.CH3NO/c1-5-7-8-9-10-11-12-13-14-15-16-17-18-19-20-26-46(54)57-36-39(6-2)58-47(55)32-37(3)33-48(56)59-40-29-27-38(28-30-40)35-53-44-25-21-23-42-41-24-22-31-52(4)45(41)34-43(49(42)44)50(53)51;1-4-6-7-8-9-10-11-12-13-14-15-16-17-18-19-20-22(23)21(3)5-2;2-1-3/h13-14,21,23-25,27-30,37,39,45H,5-12,15-20,22,26,31-36H2,1-4H3;12-13,21H,4-11,14-20H2,1-3H3;1H,(H2,2,3)/b14-13-;13-12-;. The van der Waals surface area contributed by atoms with Crippen molar-refractivity contribution in [3.05, 3.63) is 94.1 Å². The number of unbranched alkanes of at least 4 members (excludes halogenated alkanes) is 22. The third-order valence-corrected chi connectivity index (χ3v) is 17.7. The smallest absolute Gasteiger partial charge is 0.311 e. The zero-order valence-corrected chi connectivity index (χ0v) is 55.7. The van der Waals surface area contributed by atoms with Crippen LogP contribution in [0.1, 0.15) is 270 Å². The number of halogens is 1. The Hall–Kier alpha value is -4.81. The molecule has 0 saturated heterocycles. The van der Waals surface area contributed by atoms with E-state index >= 15 is 0 Å². The number of allylic oxidation sites excluding steroid dienone is 4. The van der Waals surface area contributed by atoms with Crippen LogP contribution in [-0.4, -0.2) is 71.9 Å². The average molecular weight is 1240 g/mol. The van der Waals surface area contributed by atoms with Gasteiger partial charge in [0.2, 0.25) is 6.41 Å². The summed E-state index contributed by atoms with van der Waals surface area (Å²) in [5, 5.41) is 1.34. The summed E-state index contributed by atoms with van der Waals surface area (Å²) in [5.41, 5.74) is 10.6. The minimum atomic E-state index is -0.507. The third kappa shape index (κ3) is 30.6. The summed E-state index contributed by atoms with van der Waals surface area (Å²) in [4.78, 5) is 60.6. The molecule has 11 nitrogen and oxygen atoms in total. The number of primary amides is 1. The van der Waals surface area contributed by atoms with Crippen molar-refractivity contribution in [2.45, 2.75) is 279 Å². The Labute approximate surface area is 523 Å². The maximum atomic E-state index is 12.8. The van der Waals surface area contributed by atoms with Crippen LogP contribution in [0.5, 0.6) is 5.75 Å². The molecule has 2 aromatic carbocycles. The molecule has 85 heavy (non-hydrogen) atoms. The first-order valence-corrected chi connectivity index (χ1v) is 34.4. The first-order valence-electron chi connectivity index (χ1n) is 33.6. The predicted molar refractivity (Wildman–Crippen MR) is 357 cm³/mol. The Morgan fingerprint density at radius 1 is 0.659 bits per heavy atom. The zero-order chi connectivity index (χ0) is 61.9. The molecule has 1 amide bonds. The molecular formula is C73H114BrN3O8. The first-order chi connectivity index (χ1) is 41.3. The Kier molecular flexibility index (Phi) is 40.6. The Balaban J connectivity index is 0.000000610. The van der Waals surface area contributed by atoms with Crippen LogP contribution < -0.4 is 10.5 Å². The first kappa shape index (κ1) is 74.4. The van der Waals surface area contributed by atoms with Crippen LogP contribution >= 0.6 is 15.9 Å². The molecule has 4 unspecified atom stereocenters. The lowest BCUT2D eigenvalue weighted by molar-refractivity contribution is -0.160. The third-order valence-electron chi connectivity index (χ3n) is 16.8. The van der Waals surface area contributed by atoms with E-state index in [0.717, 1.165) is 74.5 Å². The number of carbonyl (C=O) groups excluding carboxylic acids is 5. The molecule has 1 aromatic heterocycles. The molecule has 12 heteroatoms. The van der Waals surface area contributed by atoms with Gasteiger partial charge in [-0.3, -0.25) is 28.9 Å². The maximum absolute atomic E-state index is 12.8. The highest BCUT2D eigenvalue weighted by Crippen LogP contribution is 2.44. The van der Waals surface area contributed by atoms with E-state index in [1.54, 1.807) is 0 Å². The average Bonchev–Trinajstić information content (AvgIpc) is 1.89. The summed E-state index contributed by atoms with van der Waals surface area (Å²) < 4.78 is 20.2. The normalized spacial score (nSPS) is 14.8. The second-order valence-corrected chi connectivity index (χ2v) is 24.9. The Morgan fingerprint density at radius 3 is 1.72 bits per heavy atom. The number of nitrogens with zero attached hydrogens (tertiary/aromatic N) is 2. The van der Waals surface area contributed by atoms with Gasteiger partial charge < -0.3 is 24.5 Å². The molecule has 5 rings (SSSR count). The number of ketones is 1. The molecule has 4 atom stereocenters. The number of fused-ring (bicyclic) bond motifs is 2. The predicted octanol–water partition coefficient (Wildman–Crippen LogP) is 19.1. The highest BCUT2D eigenvalue weighted by atomic mass is 79.9. The van der Waals surface area contributed by atoms with E-state index in [4.69, 9.17) is 19.0 Å². The number of carbonyl (C=O) groups is 5. The van der Waals surface area contributed by atoms with Crippen LogP contribution in [0.25, 0.3) is 16.5 Å². The van der Waals surface area contributed by atoms with Gasteiger partial charge in [0.25, 0.3) is 0 Å². The van der Waals surface area contributed by atoms with Crippen molar-refractivity contribution in [3.8, 4) is 5.75 Å². The van der Waals surface area contributed by atoms with Gasteiger partial charge in [0.15, 0.2) is 0 Å². The molecular weight excluding hydrogens is 1130 g/mol. The Bertz CT molecular complexity index is 2420. The minimum Gasteiger partial charge on any atom is -0.462 e. The number of likely N-dealkylation sites (N-methyl/N-ethyl adjacent to an activating group) is 1. The van der Waals surface area contributed by atoms with Gasteiger partial charge in [0, 0.05) is 56.1 Å². The van der Waals surface area contributed by atoms with E-state index in [1.165, 1.54) is 162 Å². The SMILES string of the molecule is CCCCCCCC/C=C\CCCCCCCC(=O)C(C)CC.CCCCCCCC/C=C\CCCCCCCC(=O)OCC(CC)OC(=O)CC(C)CC(=O)Oc1ccc(Cn2c(Br)c3c4c(cccc42)C2=CCCN(C)C2C3)cc1.NC=O. The summed E-state index contributed by atoms with van der Waals surface area (Å²) in [5.74, 6) is -0.122. The number of esters is 3. The number of nitrogens with two attached hydrogens (primary N) is 1. The van der Waals surface area contributed by atoms with E-state index in [2.05, 4.69) is 114 Å². The van der Waals surface area contributed by atoms with Gasteiger partial charge in [-0.15, -0.1) is 0 Å². The van der Waals surface area contributed by atoms with Crippen molar-refractivity contribution < 1.29 is 38.2 Å². The lowest BCUT2D eigenvalue weighted by Gasteiger charge is -2.37. The van der Waals surface area contributed by atoms with E-state index in [0.29, 0.717) is 37.0 Å². The van der Waals surface area contributed by atoms with Crippen LogP contribution in [0.2, 0.25) is 0 Å². The van der Waals surface area contributed by atoms with Crippen LogP contribution in [0.15, 0.2) is 77.4 Å². The molecule has 0 spiro atoms. The topological polar surface area (TPSA) is 147 Å². The number of Topliss-reactive ketones (excluding diaryl/α,β-unsaturated/α-hetero) is 1. The second kappa shape index (κ2) is 46.4. The molecule has 1 aliphatic heterocycles. The summed E-state index contributed by atoms with van der Waals surface area (Å²) >= 11 is 3.96. The van der Waals surface area contributed by atoms with Crippen molar-refractivity contribution in [1.29, 1.82) is 0 Å². The molecule has 0 saturated carbocycles. The maximum Gasteiger partial charge on any atom is 0.311 e. The summed E-state index contributed by atoms with van der Waals surface area (Å²) in [6.45, 7) is 14.2. The minimum absolute atomic E-state index is 0.0502. The number of ether oxygens (including phenoxy) is 3. The van der Waals surface area contributed by atoms with Crippen LogP contribution in [0.4, 0.5) is 0 Å². The van der Waals surface area contributed by atoms with Crippen LogP contribution in [0, 0.1) is 11.8 Å². The summed E-state index contributed by atoms with van der Waals surface area (Å²) in [6, 6.07) is 14.7. The fraction of sp³-hybridized carbons (Fsp3) is 0.658. The molecule has 2 aliphatic rings. The van der Waals surface area contributed by atoms with E-state index < -0.39 is 18.0 Å². The van der Waals surface area contributed by atoms with Crippen molar-refractivity contribution >= 4 is 62.5 Å².